The number of amides is 8. The van der Waals surface area contributed by atoms with Gasteiger partial charge in [0.15, 0.2) is 0 Å². The molecule has 9 atom stereocenters. The molecule has 4 aliphatic heterocycles. The van der Waals surface area contributed by atoms with Crippen LogP contribution in [0.1, 0.15) is 47.0 Å². The lowest BCUT2D eigenvalue weighted by Crippen LogP contribution is -2.75. The van der Waals surface area contributed by atoms with Crippen molar-refractivity contribution < 1.29 is 53.3 Å². The molecule has 0 aromatic carbocycles. The monoisotopic (exact) mass is 709 g/mol. The first-order chi connectivity index (χ1) is 23.2. The molecule has 0 radical (unpaired) electrons. The van der Waals surface area contributed by atoms with Gasteiger partial charge in [0.1, 0.15) is 29.2 Å². The van der Waals surface area contributed by atoms with Crippen LogP contribution < -0.4 is 27.8 Å². The van der Waals surface area contributed by atoms with Gasteiger partial charge in [-0.05, 0) is 33.6 Å². The largest absolute Gasteiger partial charge is 0.391 e. The molecule has 4 rings (SSSR count). The van der Waals surface area contributed by atoms with Crippen LogP contribution in [0.4, 0.5) is 0 Å². The molecule has 50 heavy (non-hydrogen) atoms. The molecular formula is C30H47N9O11. The zero-order valence-electron chi connectivity index (χ0n) is 28.5. The highest BCUT2D eigenvalue weighted by atomic mass is 16.5. The van der Waals surface area contributed by atoms with E-state index in [9.17, 15) is 48.6 Å². The van der Waals surface area contributed by atoms with Gasteiger partial charge in [-0.25, -0.2) is 0 Å². The number of hydrogen-bond donors (Lipinski definition) is 7. The van der Waals surface area contributed by atoms with Crippen molar-refractivity contribution in [2.45, 2.75) is 101 Å². The molecule has 8 amide bonds. The first-order valence-corrected chi connectivity index (χ1v) is 16.4. The highest BCUT2D eigenvalue weighted by Gasteiger charge is 2.63. The second-order valence-corrected chi connectivity index (χ2v) is 13.7. The molecule has 0 aromatic heterocycles. The number of aliphatic hydroxyl groups is 2. The SMILES string of the molecule is CC(=O)N1CC(OC(C)C(N)C(=O)N2CCCC23CN(CC(=O)NC(C(N)=O)C(C)O)C3=O)CC12CN(CC(=O)NC(C(N)=O)C(C)O)C2=O. The number of aliphatic hydroxyl groups excluding tert-OH is 2. The van der Waals surface area contributed by atoms with E-state index in [-0.39, 0.29) is 32.6 Å². The van der Waals surface area contributed by atoms with E-state index in [0.717, 1.165) is 0 Å². The zero-order valence-corrected chi connectivity index (χ0v) is 28.5. The fourth-order valence-corrected chi connectivity index (χ4v) is 7.37. The van der Waals surface area contributed by atoms with Gasteiger partial charge in [0.2, 0.25) is 35.4 Å². The summed E-state index contributed by atoms with van der Waals surface area (Å²) in [5, 5.41) is 24.0. The quantitative estimate of drug-likeness (QED) is 0.0829. The third kappa shape index (κ3) is 7.10. The zero-order chi connectivity index (χ0) is 37.5. The van der Waals surface area contributed by atoms with E-state index < -0.39 is 114 Å². The van der Waals surface area contributed by atoms with Crippen LogP contribution >= 0.6 is 0 Å². The van der Waals surface area contributed by atoms with Gasteiger partial charge >= 0.3 is 0 Å². The maximum atomic E-state index is 13.6. The summed E-state index contributed by atoms with van der Waals surface area (Å²) in [6.07, 6.45) is -3.15. The standard InChI is InChI=1S/C30H47N9O11/c1-14(40)22(24(32)45)34-19(43)10-36-12-29(27(36)48)6-5-7-38(29)26(47)21(31)16(3)50-18-8-30(39(9-18)17(4)42)13-37(28(30)49)11-20(44)35-23(15(2)41)25(33)46/h14-16,18,21-23,40-41H,5-13,31H2,1-4H3,(H2,32,45)(H2,33,46)(H,34,43)(H,35,44). The number of ether oxygens (including phenoxy) is 1. The fraction of sp³-hybridized carbons (Fsp3) is 0.733. The van der Waals surface area contributed by atoms with Gasteiger partial charge in [-0.2, -0.15) is 0 Å². The Kier molecular flexibility index (Phi) is 11.1. The number of nitrogens with zero attached hydrogens (tertiary/aromatic N) is 4. The van der Waals surface area contributed by atoms with Crippen molar-refractivity contribution >= 4 is 47.3 Å². The highest BCUT2D eigenvalue weighted by molar-refractivity contribution is 6.01. The lowest BCUT2D eigenvalue weighted by molar-refractivity contribution is -0.170. The summed E-state index contributed by atoms with van der Waals surface area (Å²) >= 11 is 0. The van der Waals surface area contributed by atoms with Crippen LogP contribution in [0.2, 0.25) is 0 Å². The maximum absolute atomic E-state index is 13.6. The molecule has 9 unspecified atom stereocenters. The van der Waals surface area contributed by atoms with E-state index in [1.165, 1.54) is 40.4 Å². The van der Waals surface area contributed by atoms with E-state index in [1.54, 1.807) is 6.92 Å². The number of nitrogens with one attached hydrogen (secondary N) is 2. The van der Waals surface area contributed by atoms with Gasteiger partial charge in [-0.15, -0.1) is 0 Å². The lowest BCUT2D eigenvalue weighted by atomic mass is 9.84. The molecule has 0 aromatic rings. The Labute approximate surface area is 287 Å². The Bertz CT molecular complexity index is 1440. The molecule has 4 heterocycles. The number of hydrogen-bond acceptors (Lipinski definition) is 12. The summed E-state index contributed by atoms with van der Waals surface area (Å²) < 4.78 is 6.13. The minimum atomic E-state index is -1.35. The van der Waals surface area contributed by atoms with Crippen LogP contribution in [0.5, 0.6) is 0 Å². The number of carbonyl (C=O) groups excluding carboxylic acids is 8. The van der Waals surface area contributed by atoms with Crippen LogP contribution in [0, 0.1) is 0 Å². The van der Waals surface area contributed by atoms with Gasteiger partial charge in [0.25, 0.3) is 11.8 Å². The van der Waals surface area contributed by atoms with E-state index in [4.69, 9.17) is 21.9 Å². The van der Waals surface area contributed by atoms with Crippen molar-refractivity contribution in [3.05, 3.63) is 0 Å². The molecule has 0 saturated carbocycles. The number of primary amides is 2. The molecule has 0 aliphatic carbocycles. The van der Waals surface area contributed by atoms with Crippen LogP contribution in [-0.4, -0.2) is 170 Å². The molecule has 20 heteroatoms. The van der Waals surface area contributed by atoms with Gasteiger partial charge in [0.05, 0.1) is 50.6 Å². The molecule has 278 valence electrons. The Balaban J connectivity index is 1.33. The Morgan fingerprint density at radius 2 is 1.34 bits per heavy atom. The van der Waals surface area contributed by atoms with E-state index in [1.807, 2.05) is 0 Å². The Morgan fingerprint density at radius 3 is 1.76 bits per heavy atom. The molecule has 4 fully saturated rings. The first kappa shape index (κ1) is 38.4. The Morgan fingerprint density at radius 1 is 0.860 bits per heavy atom. The first-order valence-electron chi connectivity index (χ1n) is 16.4. The average molecular weight is 710 g/mol. The number of likely N-dealkylation sites (tertiary alicyclic amines) is 4. The third-order valence-corrected chi connectivity index (χ3v) is 9.96. The molecular weight excluding hydrogens is 662 g/mol. The molecule has 0 bridgehead atoms. The summed E-state index contributed by atoms with van der Waals surface area (Å²) in [5.41, 5.74) is 14.3. The van der Waals surface area contributed by atoms with Crippen molar-refractivity contribution in [3.8, 4) is 0 Å². The van der Waals surface area contributed by atoms with Crippen LogP contribution in [0.25, 0.3) is 0 Å². The van der Waals surface area contributed by atoms with Gasteiger partial charge in [-0.3, -0.25) is 38.4 Å². The maximum Gasteiger partial charge on any atom is 0.251 e. The van der Waals surface area contributed by atoms with Crippen molar-refractivity contribution in [2.75, 3.05) is 39.3 Å². The molecule has 4 aliphatic rings. The predicted molar refractivity (Wildman–Crippen MR) is 169 cm³/mol. The van der Waals surface area contributed by atoms with Crippen molar-refractivity contribution in [1.82, 2.24) is 30.2 Å². The van der Waals surface area contributed by atoms with E-state index >= 15 is 0 Å². The minimum Gasteiger partial charge on any atom is -0.391 e. The lowest BCUT2D eigenvalue weighted by Gasteiger charge is -2.51. The van der Waals surface area contributed by atoms with Crippen molar-refractivity contribution in [2.24, 2.45) is 17.2 Å². The molecule has 4 saturated heterocycles. The summed E-state index contributed by atoms with van der Waals surface area (Å²) in [6, 6.07) is -3.90. The normalized spacial score (nSPS) is 28.0. The number of β-lactam (4-membered cyclic amide) rings is 2. The number of nitrogens with two attached hydrogens (primary N) is 3. The van der Waals surface area contributed by atoms with E-state index in [0.29, 0.717) is 12.8 Å². The van der Waals surface area contributed by atoms with E-state index in [2.05, 4.69) is 10.6 Å². The van der Waals surface area contributed by atoms with Gasteiger partial charge in [-0.1, -0.05) is 0 Å². The van der Waals surface area contributed by atoms with Crippen LogP contribution in [0.3, 0.4) is 0 Å². The van der Waals surface area contributed by atoms with Crippen LogP contribution in [-0.2, 0) is 43.1 Å². The third-order valence-electron chi connectivity index (χ3n) is 9.96. The molecule has 2 spiro atoms. The van der Waals surface area contributed by atoms with Gasteiger partial charge in [0, 0.05) is 26.4 Å². The fourth-order valence-electron chi connectivity index (χ4n) is 7.37. The Hall–Kier alpha value is -4.40. The summed E-state index contributed by atoms with van der Waals surface area (Å²) in [5.74, 6) is -5.22. The predicted octanol–water partition coefficient (Wildman–Crippen LogP) is -6.17. The van der Waals surface area contributed by atoms with Crippen molar-refractivity contribution in [3.63, 3.8) is 0 Å². The van der Waals surface area contributed by atoms with Crippen LogP contribution in [0.15, 0.2) is 0 Å². The second-order valence-electron chi connectivity index (χ2n) is 13.7. The average Bonchev–Trinajstić information content (AvgIpc) is 3.65. The number of carbonyl (C=O) groups is 8. The second kappa shape index (κ2) is 14.4. The highest BCUT2D eigenvalue weighted by Crippen LogP contribution is 2.41. The smallest absolute Gasteiger partial charge is 0.251 e. The molecule has 20 nitrogen and oxygen atoms in total. The van der Waals surface area contributed by atoms with Crippen molar-refractivity contribution in [1.29, 1.82) is 0 Å². The summed E-state index contributed by atoms with van der Waals surface area (Å²) in [4.78, 5) is 106. The molecule has 10 N–H and O–H groups in total. The summed E-state index contributed by atoms with van der Waals surface area (Å²) in [6.45, 7) is 4.92. The summed E-state index contributed by atoms with van der Waals surface area (Å²) in [7, 11) is 0. The topological polar surface area (TPSA) is 301 Å². The van der Waals surface area contributed by atoms with Gasteiger partial charge < -0.3 is 62.4 Å². The minimum absolute atomic E-state index is 0.00309. The number of rotatable bonds is 14.